The lowest BCUT2D eigenvalue weighted by Crippen LogP contribution is -2.57. The van der Waals surface area contributed by atoms with Gasteiger partial charge in [-0.2, -0.15) is 0 Å². The maximum absolute atomic E-state index is 13.4. The standard InChI is InChI=1S/C26H27N3O4S/c27-34(32,33)24-13-11-22(12-14-24)26(31)29-16-15-28(25(30)18-21-9-5-2-6-10-21)19-23(29)17-20-7-3-1-4-8-20/h1-14,23H,15-19H2,(H2,27,32,33)/t23-/m1/s1. The zero-order valence-corrected chi connectivity index (χ0v) is 19.5. The van der Waals surface area contributed by atoms with Crippen LogP contribution in [0.5, 0.6) is 0 Å². The molecule has 3 aromatic rings. The van der Waals surface area contributed by atoms with Crippen molar-refractivity contribution in [2.24, 2.45) is 5.14 Å². The first-order valence-corrected chi connectivity index (χ1v) is 12.7. The maximum Gasteiger partial charge on any atom is 0.254 e. The molecule has 3 aromatic carbocycles. The summed E-state index contributed by atoms with van der Waals surface area (Å²) >= 11 is 0. The Labute approximate surface area is 199 Å². The summed E-state index contributed by atoms with van der Waals surface area (Å²) in [6.45, 7) is 1.27. The number of rotatable bonds is 6. The van der Waals surface area contributed by atoms with Crippen molar-refractivity contribution in [2.45, 2.75) is 23.8 Å². The van der Waals surface area contributed by atoms with E-state index in [0.717, 1.165) is 11.1 Å². The van der Waals surface area contributed by atoms with Gasteiger partial charge in [-0.25, -0.2) is 13.6 Å². The molecule has 1 saturated heterocycles. The molecule has 176 valence electrons. The highest BCUT2D eigenvalue weighted by Gasteiger charge is 2.33. The predicted octanol–water partition coefficient (Wildman–Crippen LogP) is 2.47. The third kappa shape index (κ3) is 5.70. The van der Waals surface area contributed by atoms with Gasteiger partial charge in [-0.3, -0.25) is 9.59 Å². The van der Waals surface area contributed by atoms with Crippen molar-refractivity contribution in [3.63, 3.8) is 0 Å². The molecule has 0 spiro atoms. The normalized spacial score (nSPS) is 16.3. The third-order valence-corrected chi connectivity index (χ3v) is 6.97. The van der Waals surface area contributed by atoms with E-state index in [1.807, 2.05) is 65.6 Å². The molecule has 0 aromatic heterocycles. The van der Waals surface area contributed by atoms with E-state index in [1.165, 1.54) is 24.3 Å². The van der Waals surface area contributed by atoms with Crippen LogP contribution in [0, 0.1) is 0 Å². The molecule has 0 radical (unpaired) electrons. The predicted molar refractivity (Wildman–Crippen MR) is 130 cm³/mol. The smallest absolute Gasteiger partial charge is 0.254 e. The quantitative estimate of drug-likeness (QED) is 0.589. The summed E-state index contributed by atoms with van der Waals surface area (Å²) in [5.74, 6) is -0.161. The summed E-state index contributed by atoms with van der Waals surface area (Å²) < 4.78 is 23.1. The first kappa shape index (κ1) is 23.7. The highest BCUT2D eigenvalue weighted by molar-refractivity contribution is 7.89. The van der Waals surface area contributed by atoms with Gasteiger partial charge in [-0.1, -0.05) is 60.7 Å². The summed E-state index contributed by atoms with van der Waals surface area (Å²) in [6, 6.07) is 24.9. The molecular weight excluding hydrogens is 450 g/mol. The lowest BCUT2D eigenvalue weighted by molar-refractivity contribution is -0.133. The lowest BCUT2D eigenvalue weighted by atomic mass is 10.00. The molecular formula is C26H27N3O4S. The number of hydrogen-bond donors (Lipinski definition) is 1. The van der Waals surface area contributed by atoms with Crippen LogP contribution in [0.2, 0.25) is 0 Å². The van der Waals surface area contributed by atoms with Gasteiger partial charge in [0.15, 0.2) is 0 Å². The molecule has 1 aliphatic heterocycles. The van der Waals surface area contributed by atoms with Gasteiger partial charge in [0.05, 0.1) is 17.4 Å². The molecule has 7 nitrogen and oxygen atoms in total. The number of primary sulfonamides is 1. The molecule has 34 heavy (non-hydrogen) atoms. The average molecular weight is 478 g/mol. The van der Waals surface area contributed by atoms with Crippen molar-refractivity contribution in [3.05, 3.63) is 102 Å². The Balaban J connectivity index is 1.53. The van der Waals surface area contributed by atoms with E-state index in [4.69, 9.17) is 5.14 Å². The van der Waals surface area contributed by atoms with Crippen LogP contribution in [0.1, 0.15) is 21.5 Å². The van der Waals surface area contributed by atoms with Gasteiger partial charge >= 0.3 is 0 Å². The molecule has 1 aliphatic rings. The van der Waals surface area contributed by atoms with Gasteiger partial charge in [-0.15, -0.1) is 0 Å². The van der Waals surface area contributed by atoms with Gasteiger partial charge in [0.1, 0.15) is 0 Å². The molecule has 4 rings (SSSR count). The van der Waals surface area contributed by atoms with E-state index in [2.05, 4.69) is 0 Å². The Kier molecular flexibility index (Phi) is 7.09. The first-order valence-electron chi connectivity index (χ1n) is 11.1. The van der Waals surface area contributed by atoms with Gasteiger partial charge in [0.2, 0.25) is 15.9 Å². The summed E-state index contributed by atoms with van der Waals surface area (Å²) in [5, 5.41) is 5.17. The number of nitrogens with zero attached hydrogens (tertiary/aromatic N) is 2. The van der Waals surface area contributed by atoms with Crippen molar-refractivity contribution in [1.82, 2.24) is 9.80 Å². The fourth-order valence-corrected chi connectivity index (χ4v) is 4.76. The van der Waals surface area contributed by atoms with Crippen LogP contribution in [0.15, 0.2) is 89.8 Å². The van der Waals surface area contributed by atoms with Gasteiger partial charge in [-0.05, 0) is 41.8 Å². The Morgan fingerprint density at radius 2 is 1.41 bits per heavy atom. The topological polar surface area (TPSA) is 101 Å². The van der Waals surface area contributed by atoms with E-state index in [9.17, 15) is 18.0 Å². The minimum Gasteiger partial charge on any atom is -0.339 e. The SMILES string of the molecule is NS(=O)(=O)c1ccc(C(=O)N2CCN(C(=O)Cc3ccccc3)C[C@H]2Cc2ccccc2)cc1. The number of amides is 2. The second kappa shape index (κ2) is 10.2. The second-order valence-corrected chi connectivity index (χ2v) is 9.98. The van der Waals surface area contributed by atoms with Crippen molar-refractivity contribution >= 4 is 21.8 Å². The number of carbonyl (C=O) groups is 2. The van der Waals surface area contributed by atoms with Crippen LogP contribution in [-0.4, -0.2) is 55.7 Å². The Morgan fingerprint density at radius 3 is 2.00 bits per heavy atom. The van der Waals surface area contributed by atoms with Gasteiger partial charge in [0.25, 0.3) is 5.91 Å². The summed E-state index contributed by atoms with van der Waals surface area (Å²) in [4.78, 5) is 29.9. The van der Waals surface area contributed by atoms with Crippen LogP contribution in [0.4, 0.5) is 0 Å². The van der Waals surface area contributed by atoms with Crippen molar-refractivity contribution in [2.75, 3.05) is 19.6 Å². The Bertz CT molecular complexity index is 1250. The average Bonchev–Trinajstić information content (AvgIpc) is 2.84. The summed E-state index contributed by atoms with van der Waals surface area (Å²) in [6.07, 6.45) is 0.929. The fraction of sp³-hybridized carbons (Fsp3) is 0.231. The lowest BCUT2D eigenvalue weighted by Gasteiger charge is -2.42. The summed E-state index contributed by atoms with van der Waals surface area (Å²) in [7, 11) is -3.83. The van der Waals surface area contributed by atoms with Gasteiger partial charge in [0, 0.05) is 25.2 Å². The van der Waals surface area contributed by atoms with Crippen LogP contribution >= 0.6 is 0 Å². The molecule has 8 heteroatoms. The van der Waals surface area contributed by atoms with E-state index in [1.54, 1.807) is 4.90 Å². The molecule has 1 heterocycles. The highest BCUT2D eigenvalue weighted by atomic mass is 32.2. The monoisotopic (exact) mass is 477 g/mol. The third-order valence-electron chi connectivity index (χ3n) is 6.04. The minimum atomic E-state index is -3.83. The number of nitrogens with two attached hydrogens (primary N) is 1. The second-order valence-electron chi connectivity index (χ2n) is 8.41. The zero-order chi connectivity index (χ0) is 24.1. The summed E-state index contributed by atoms with van der Waals surface area (Å²) in [5.41, 5.74) is 2.42. The van der Waals surface area contributed by atoms with Crippen molar-refractivity contribution in [1.29, 1.82) is 0 Å². The number of sulfonamides is 1. The molecule has 2 N–H and O–H groups in total. The van der Waals surface area contributed by atoms with Crippen molar-refractivity contribution in [3.8, 4) is 0 Å². The molecule has 1 atom stereocenters. The number of benzene rings is 3. The molecule has 0 unspecified atom stereocenters. The van der Waals surface area contributed by atoms with E-state index in [-0.39, 0.29) is 22.8 Å². The fourth-order valence-electron chi connectivity index (χ4n) is 4.25. The number of hydrogen-bond acceptors (Lipinski definition) is 4. The van der Waals surface area contributed by atoms with Crippen LogP contribution in [0.3, 0.4) is 0 Å². The molecule has 1 fully saturated rings. The van der Waals surface area contributed by atoms with Crippen LogP contribution in [0.25, 0.3) is 0 Å². The highest BCUT2D eigenvalue weighted by Crippen LogP contribution is 2.20. The molecule has 0 saturated carbocycles. The van der Waals surface area contributed by atoms with Crippen LogP contribution < -0.4 is 5.14 Å². The number of carbonyl (C=O) groups excluding carboxylic acids is 2. The van der Waals surface area contributed by atoms with Crippen molar-refractivity contribution < 1.29 is 18.0 Å². The number of piperazine rings is 1. The Hall–Kier alpha value is -3.49. The molecule has 2 amide bonds. The first-order chi connectivity index (χ1) is 16.3. The Morgan fingerprint density at radius 1 is 0.824 bits per heavy atom. The molecule has 0 bridgehead atoms. The molecule has 0 aliphatic carbocycles. The zero-order valence-electron chi connectivity index (χ0n) is 18.7. The van der Waals surface area contributed by atoms with Crippen LogP contribution in [-0.2, 0) is 27.7 Å². The van der Waals surface area contributed by atoms with E-state index >= 15 is 0 Å². The largest absolute Gasteiger partial charge is 0.339 e. The minimum absolute atomic E-state index is 0.0360. The maximum atomic E-state index is 13.4. The van der Waals surface area contributed by atoms with E-state index < -0.39 is 10.0 Å². The van der Waals surface area contributed by atoms with E-state index in [0.29, 0.717) is 38.0 Å². The van der Waals surface area contributed by atoms with Gasteiger partial charge < -0.3 is 9.80 Å².